The molecule has 1 N–H and O–H groups in total. The van der Waals surface area contributed by atoms with E-state index < -0.39 is 11.9 Å². The van der Waals surface area contributed by atoms with E-state index in [-0.39, 0.29) is 12.5 Å². The Bertz CT molecular complexity index is 754. The first-order chi connectivity index (χ1) is 11.1. The number of hydrogen-bond acceptors (Lipinski definition) is 2. The smallest absolute Gasteiger partial charge is 0.312 e. The third-order valence-electron chi connectivity index (χ3n) is 4.45. The van der Waals surface area contributed by atoms with E-state index in [0.29, 0.717) is 13.0 Å². The van der Waals surface area contributed by atoms with Crippen molar-refractivity contribution in [1.82, 2.24) is 4.90 Å². The van der Waals surface area contributed by atoms with Gasteiger partial charge in [-0.2, -0.15) is 0 Å². The average Bonchev–Trinajstić information content (AvgIpc) is 2.55. The Labute approximate surface area is 135 Å². The Morgan fingerprint density at radius 3 is 2.57 bits per heavy atom. The van der Waals surface area contributed by atoms with Gasteiger partial charge < -0.3 is 10.0 Å². The van der Waals surface area contributed by atoms with Crippen molar-refractivity contribution in [1.29, 1.82) is 0 Å². The van der Waals surface area contributed by atoms with Crippen LogP contribution in [0.25, 0.3) is 0 Å². The van der Waals surface area contributed by atoms with E-state index in [1.54, 1.807) is 4.90 Å². The number of rotatable bonds is 3. The number of carboxylic acid groups (broad SMARTS) is 1. The molecule has 0 saturated carbocycles. The Kier molecular flexibility index (Phi) is 4.15. The summed E-state index contributed by atoms with van der Waals surface area (Å²) in [6.45, 7) is 2.69. The number of aryl methyl sites for hydroxylation is 1. The number of nitrogens with zero attached hydrogens (tertiary/aromatic N) is 1. The summed E-state index contributed by atoms with van der Waals surface area (Å²) in [7, 11) is 0. The molecule has 1 aliphatic heterocycles. The van der Waals surface area contributed by atoms with Gasteiger partial charge in [0.2, 0.25) is 5.91 Å². The summed E-state index contributed by atoms with van der Waals surface area (Å²) in [5, 5.41) is 9.48. The van der Waals surface area contributed by atoms with E-state index in [1.807, 2.05) is 55.5 Å². The molecule has 0 radical (unpaired) electrons. The number of benzene rings is 2. The van der Waals surface area contributed by atoms with Gasteiger partial charge in [0.15, 0.2) is 0 Å². The van der Waals surface area contributed by atoms with Gasteiger partial charge in [-0.1, -0.05) is 48.5 Å². The molecule has 4 heteroatoms. The van der Waals surface area contributed by atoms with Crippen molar-refractivity contribution >= 4 is 11.9 Å². The van der Waals surface area contributed by atoms with Crippen LogP contribution < -0.4 is 0 Å². The van der Waals surface area contributed by atoms with Gasteiger partial charge in [-0.3, -0.25) is 9.59 Å². The molecule has 2 aromatic rings. The average molecular weight is 309 g/mol. The minimum atomic E-state index is -0.883. The summed E-state index contributed by atoms with van der Waals surface area (Å²) < 4.78 is 0. The van der Waals surface area contributed by atoms with E-state index in [9.17, 15) is 14.7 Å². The fraction of sp³-hybridized carbons (Fsp3) is 0.263. The van der Waals surface area contributed by atoms with Crippen molar-refractivity contribution in [3.8, 4) is 0 Å². The predicted octanol–water partition coefficient (Wildman–Crippen LogP) is 2.75. The first-order valence-electron chi connectivity index (χ1n) is 7.69. The lowest BCUT2D eigenvalue weighted by Gasteiger charge is -2.33. The number of amides is 1. The number of fused-ring (bicyclic) bond motifs is 1. The molecule has 1 unspecified atom stereocenters. The van der Waals surface area contributed by atoms with Gasteiger partial charge in [0.25, 0.3) is 0 Å². The van der Waals surface area contributed by atoms with E-state index in [2.05, 4.69) is 0 Å². The summed E-state index contributed by atoms with van der Waals surface area (Å²) in [5.74, 6) is -1.56. The molecular weight excluding hydrogens is 290 g/mol. The molecule has 0 fully saturated rings. The van der Waals surface area contributed by atoms with Gasteiger partial charge in [0.05, 0.1) is 12.3 Å². The molecule has 1 atom stereocenters. The summed E-state index contributed by atoms with van der Waals surface area (Å²) in [6.07, 6.45) is 0.307. The third-order valence-corrected chi connectivity index (χ3v) is 4.45. The number of carbonyl (C=O) groups excluding carboxylic acids is 1. The summed E-state index contributed by atoms with van der Waals surface area (Å²) >= 11 is 0. The lowest BCUT2D eigenvalue weighted by Crippen LogP contribution is -2.41. The second-order valence-electron chi connectivity index (χ2n) is 5.97. The predicted molar refractivity (Wildman–Crippen MR) is 87.1 cm³/mol. The van der Waals surface area contributed by atoms with Gasteiger partial charge in [-0.25, -0.2) is 0 Å². The molecule has 0 aromatic heterocycles. The lowest BCUT2D eigenvalue weighted by molar-refractivity contribution is -0.141. The van der Waals surface area contributed by atoms with Crippen molar-refractivity contribution < 1.29 is 14.7 Å². The van der Waals surface area contributed by atoms with E-state index in [1.165, 1.54) is 0 Å². The summed E-state index contributed by atoms with van der Waals surface area (Å²) in [6, 6.07) is 15.3. The first kappa shape index (κ1) is 15.3. The van der Waals surface area contributed by atoms with Gasteiger partial charge in [0, 0.05) is 13.1 Å². The van der Waals surface area contributed by atoms with Crippen LogP contribution in [0, 0.1) is 6.92 Å². The van der Waals surface area contributed by atoms with Crippen molar-refractivity contribution in [2.45, 2.75) is 25.8 Å². The minimum Gasteiger partial charge on any atom is -0.481 e. The Morgan fingerprint density at radius 2 is 1.83 bits per heavy atom. The highest BCUT2D eigenvalue weighted by Crippen LogP contribution is 2.29. The second kappa shape index (κ2) is 6.24. The fourth-order valence-corrected chi connectivity index (χ4v) is 3.09. The Hall–Kier alpha value is -2.62. The standard InChI is InChI=1S/C19H19NO3/c1-13-6-2-3-7-14(13)10-18(21)20-11-15-8-4-5-9-16(15)17(12-20)19(22)23/h2-9,17H,10-12H2,1H3,(H,22,23). The maximum atomic E-state index is 12.6. The largest absolute Gasteiger partial charge is 0.481 e. The molecule has 23 heavy (non-hydrogen) atoms. The van der Waals surface area contributed by atoms with Crippen LogP contribution in [0.15, 0.2) is 48.5 Å². The van der Waals surface area contributed by atoms with Crippen molar-refractivity contribution in [2.24, 2.45) is 0 Å². The van der Waals surface area contributed by atoms with Crippen LogP contribution in [0.5, 0.6) is 0 Å². The van der Waals surface area contributed by atoms with Gasteiger partial charge in [0.1, 0.15) is 0 Å². The van der Waals surface area contributed by atoms with Crippen LogP contribution in [0.1, 0.15) is 28.2 Å². The topological polar surface area (TPSA) is 57.6 Å². The summed E-state index contributed by atoms with van der Waals surface area (Å²) in [4.78, 5) is 25.9. The maximum absolute atomic E-state index is 12.6. The van der Waals surface area contributed by atoms with Gasteiger partial charge >= 0.3 is 5.97 Å². The van der Waals surface area contributed by atoms with Gasteiger partial charge in [-0.15, -0.1) is 0 Å². The highest BCUT2D eigenvalue weighted by Gasteiger charge is 2.32. The molecule has 1 aliphatic rings. The highest BCUT2D eigenvalue weighted by atomic mass is 16.4. The monoisotopic (exact) mass is 309 g/mol. The van der Waals surface area contributed by atoms with E-state index in [4.69, 9.17) is 0 Å². The Balaban J connectivity index is 1.83. The van der Waals surface area contributed by atoms with Crippen LogP contribution in [0.4, 0.5) is 0 Å². The van der Waals surface area contributed by atoms with E-state index in [0.717, 1.165) is 22.3 Å². The van der Waals surface area contributed by atoms with Crippen LogP contribution in [-0.2, 0) is 22.6 Å². The second-order valence-corrected chi connectivity index (χ2v) is 5.97. The zero-order chi connectivity index (χ0) is 16.4. The van der Waals surface area contributed by atoms with Crippen molar-refractivity contribution in [2.75, 3.05) is 6.54 Å². The maximum Gasteiger partial charge on any atom is 0.312 e. The molecule has 3 rings (SSSR count). The van der Waals surface area contributed by atoms with E-state index >= 15 is 0 Å². The number of hydrogen-bond donors (Lipinski definition) is 1. The summed E-state index contributed by atoms with van der Waals surface area (Å²) in [5.41, 5.74) is 3.81. The molecule has 0 saturated heterocycles. The highest BCUT2D eigenvalue weighted by molar-refractivity contribution is 5.83. The molecule has 0 aliphatic carbocycles. The van der Waals surface area contributed by atoms with Crippen molar-refractivity contribution in [3.05, 3.63) is 70.8 Å². The first-order valence-corrected chi connectivity index (χ1v) is 7.69. The molecule has 4 nitrogen and oxygen atoms in total. The molecule has 1 heterocycles. The van der Waals surface area contributed by atoms with Crippen LogP contribution >= 0.6 is 0 Å². The van der Waals surface area contributed by atoms with Crippen LogP contribution in [0.2, 0.25) is 0 Å². The fourth-order valence-electron chi connectivity index (χ4n) is 3.09. The quantitative estimate of drug-likeness (QED) is 0.948. The van der Waals surface area contributed by atoms with Crippen LogP contribution in [-0.4, -0.2) is 28.4 Å². The minimum absolute atomic E-state index is 0.0277. The molecule has 118 valence electrons. The normalized spacial score (nSPS) is 16.7. The number of carboxylic acids is 1. The number of aliphatic carboxylic acids is 1. The zero-order valence-electron chi connectivity index (χ0n) is 13.0. The SMILES string of the molecule is Cc1ccccc1CC(=O)N1Cc2ccccc2C(C(=O)O)C1. The lowest BCUT2D eigenvalue weighted by atomic mass is 9.89. The zero-order valence-corrected chi connectivity index (χ0v) is 13.0. The third kappa shape index (κ3) is 3.11. The van der Waals surface area contributed by atoms with Crippen molar-refractivity contribution in [3.63, 3.8) is 0 Å². The molecular formula is C19H19NO3. The number of carbonyl (C=O) groups is 2. The molecule has 0 spiro atoms. The van der Waals surface area contributed by atoms with Crippen LogP contribution in [0.3, 0.4) is 0 Å². The Morgan fingerprint density at radius 1 is 1.13 bits per heavy atom. The molecule has 0 bridgehead atoms. The molecule has 2 aromatic carbocycles. The molecule has 1 amide bonds. The van der Waals surface area contributed by atoms with Gasteiger partial charge in [-0.05, 0) is 29.2 Å².